The largest absolute Gasteiger partial charge is 0.273 e. The molecule has 1 heterocycles. The highest BCUT2D eigenvalue weighted by molar-refractivity contribution is 7.09. The average Bonchev–Trinajstić information content (AvgIpc) is 2.41. The van der Waals surface area contributed by atoms with Crippen LogP contribution in [0.3, 0.4) is 0 Å². The molecule has 0 spiro atoms. The molecule has 1 aromatic rings. The van der Waals surface area contributed by atoms with Gasteiger partial charge in [0.1, 0.15) is 0 Å². The number of hydrogen-bond donors (Lipinski definition) is 1. The molecule has 0 bridgehead atoms. The van der Waals surface area contributed by atoms with Crippen LogP contribution in [0.25, 0.3) is 0 Å². The van der Waals surface area contributed by atoms with Crippen molar-refractivity contribution in [3.63, 3.8) is 0 Å². The molecule has 0 saturated heterocycles. The van der Waals surface area contributed by atoms with Crippen LogP contribution in [0.2, 0.25) is 0 Å². The summed E-state index contributed by atoms with van der Waals surface area (Å²) < 4.78 is 0. The summed E-state index contributed by atoms with van der Waals surface area (Å²) >= 11 is 1.69. The molecule has 0 radical (unpaired) electrons. The van der Waals surface area contributed by atoms with E-state index in [1.807, 2.05) is 17.5 Å². The second kappa shape index (κ2) is 4.00. The Morgan fingerprint density at radius 3 is 3.20 bits per heavy atom. The highest BCUT2D eigenvalue weighted by atomic mass is 32.1. The summed E-state index contributed by atoms with van der Waals surface area (Å²) in [6.07, 6.45) is 0.878. The lowest BCUT2D eigenvalue weighted by atomic mass is 10.3. The Hall–Kier alpha value is -0.900. The molecule has 3 nitrogen and oxygen atoms in total. The maximum absolute atomic E-state index is 9.58. The van der Waals surface area contributed by atoms with Crippen molar-refractivity contribution in [2.24, 2.45) is 5.29 Å². The van der Waals surface area contributed by atoms with Gasteiger partial charge in [-0.2, -0.15) is 0 Å². The second-order valence-corrected chi connectivity index (χ2v) is 2.86. The molecule has 1 N–H and O–H groups in total. The molecule has 10 heavy (non-hydrogen) atoms. The number of hydrogen-bond acceptors (Lipinski definition) is 3. The van der Waals surface area contributed by atoms with E-state index in [0.29, 0.717) is 6.54 Å². The van der Waals surface area contributed by atoms with E-state index in [0.717, 1.165) is 6.42 Å². The fraction of sp³-hybridized carbons (Fsp3) is 0.333. The summed E-state index contributed by atoms with van der Waals surface area (Å²) in [5.74, 6) is 0. The minimum absolute atomic E-state index is 0.629. The zero-order chi connectivity index (χ0) is 7.23. The fourth-order valence-corrected chi connectivity index (χ4v) is 1.39. The lowest BCUT2D eigenvalue weighted by Crippen LogP contribution is -2.07. The van der Waals surface area contributed by atoms with Crippen molar-refractivity contribution in [2.45, 2.75) is 6.42 Å². The highest BCUT2D eigenvalue weighted by Gasteiger charge is 1.90. The summed E-state index contributed by atoms with van der Waals surface area (Å²) in [5.41, 5.74) is 2.36. The number of nitroso groups, excluding NO2 is 1. The topological polar surface area (TPSA) is 41.5 Å². The zero-order valence-corrected chi connectivity index (χ0v) is 6.23. The summed E-state index contributed by atoms with van der Waals surface area (Å²) in [7, 11) is 0. The van der Waals surface area contributed by atoms with Gasteiger partial charge in [0.25, 0.3) is 0 Å². The van der Waals surface area contributed by atoms with Crippen LogP contribution in [0, 0.1) is 4.91 Å². The average molecular weight is 156 g/mol. The Morgan fingerprint density at radius 2 is 2.60 bits per heavy atom. The smallest absolute Gasteiger partial charge is 0.0496 e. The van der Waals surface area contributed by atoms with Gasteiger partial charge in [-0.25, -0.2) is 0 Å². The molecule has 4 heteroatoms. The molecule has 0 atom stereocenters. The standard InChI is InChI=1S/C6H8N2OS/c9-8-7-4-3-6-2-1-5-10-6/h1-2,5H,3-4H2,(H,7,9). The van der Waals surface area contributed by atoms with Gasteiger partial charge in [-0.05, 0) is 11.4 Å². The molecule has 54 valence electrons. The number of rotatable bonds is 4. The third-order valence-corrected chi connectivity index (χ3v) is 2.06. The zero-order valence-electron chi connectivity index (χ0n) is 5.41. The van der Waals surface area contributed by atoms with E-state index in [1.165, 1.54) is 4.88 Å². The van der Waals surface area contributed by atoms with Crippen molar-refractivity contribution in [1.29, 1.82) is 0 Å². The van der Waals surface area contributed by atoms with Crippen molar-refractivity contribution >= 4 is 11.3 Å². The number of nitrogens with zero attached hydrogens (tertiary/aromatic N) is 1. The predicted molar refractivity (Wildman–Crippen MR) is 41.8 cm³/mol. The quantitative estimate of drug-likeness (QED) is 0.408. The number of nitrogens with one attached hydrogen (secondary N) is 1. The van der Waals surface area contributed by atoms with Gasteiger partial charge in [-0.3, -0.25) is 5.43 Å². The van der Waals surface area contributed by atoms with Crippen LogP contribution in [0.5, 0.6) is 0 Å². The Balaban J connectivity index is 2.21. The van der Waals surface area contributed by atoms with Crippen LogP contribution in [0.15, 0.2) is 22.8 Å². The van der Waals surface area contributed by atoms with Crippen LogP contribution in [0.1, 0.15) is 4.88 Å². The van der Waals surface area contributed by atoms with E-state index in [-0.39, 0.29) is 0 Å². The van der Waals surface area contributed by atoms with Crippen LogP contribution in [0.4, 0.5) is 0 Å². The van der Waals surface area contributed by atoms with E-state index in [9.17, 15) is 4.91 Å². The van der Waals surface area contributed by atoms with Crippen LogP contribution in [-0.4, -0.2) is 6.54 Å². The van der Waals surface area contributed by atoms with Gasteiger partial charge >= 0.3 is 0 Å². The van der Waals surface area contributed by atoms with Crippen molar-refractivity contribution in [1.82, 2.24) is 5.43 Å². The summed E-state index contributed by atoms with van der Waals surface area (Å²) in [5, 5.41) is 4.56. The van der Waals surface area contributed by atoms with Crippen molar-refractivity contribution in [3.8, 4) is 0 Å². The monoisotopic (exact) mass is 156 g/mol. The SMILES string of the molecule is O=NNCCc1cccs1. The van der Waals surface area contributed by atoms with E-state index in [2.05, 4.69) is 10.7 Å². The first-order valence-corrected chi connectivity index (χ1v) is 3.89. The Morgan fingerprint density at radius 1 is 1.70 bits per heavy atom. The molecule has 0 aromatic carbocycles. The van der Waals surface area contributed by atoms with Gasteiger partial charge in [0.05, 0.1) is 0 Å². The third kappa shape index (κ3) is 2.14. The molecular formula is C6H8N2OS. The normalized spacial score (nSPS) is 9.20. The molecule has 1 aromatic heterocycles. The van der Waals surface area contributed by atoms with E-state index in [4.69, 9.17) is 0 Å². The highest BCUT2D eigenvalue weighted by Crippen LogP contribution is 2.07. The molecule has 0 aliphatic rings. The van der Waals surface area contributed by atoms with Gasteiger partial charge in [0.15, 0.2) is 0 Å². The Labute approximate surface area is 63.0 Å². The maximum Gasteiger partial charge on any atom is 0.0496 e. The molecule has 0 aliphatic carbocycles. The first-order valence-electron chi connectivity index (χ1n) is 3.01. The van der Waals surface area contributed by atoms with Crippen molar-refractivity contribution in [3.05, 3.63) is 27.3 Å². The van der Waals surface area contributed by atoms with Crippen LogP contribution >= 0.6 is 11.3 Å². The Bertz CT molecular complexity index is 186. The van der Waals surface area contributed by atoms with Gasteiger partial charge in [0, 0.05) is 23.1 Å². The minimum Gasteiger partial charge on any atom is -0.273 e. The lowest BCUT2D eigenvalue weighted by molar-refractivity contribution is 0.729. The number of thiophene rings is 1. The maximum atomic E-state index is 9.58. The minimum atomic E-state index is 0.629. The lowest BCUT2D eigenvalue weighted by Gasteiger charge is -1.92. The third-order valence-electron chi connectivity index (χ3n) is 1.13. The molecule has 0 amide bonds. The van der Waals surface area contributed by atoms with Crippen LogP contribution in [-0.2, 0) is 6.42 Å². The molecular weight excluding hydrogens is 148 g/mol. The fourth-order valence-electron chi connectivity index (χ4n) is 0.680. The van der Waals surface area contributed by atoms with Crippen molar-refractivity contribution in [2.75, 3.05) is 6.54 Å². The Kier molecular flexibility index (Phi) is 2.89. The van der Waals surface area contributed by atoms with Crippen LogP contribution < -0.4 is 5.43 Å². The van der Waals surface area contributed by atoms with Gasteiger partial charge in [-0.1, -0.05) is 6.07 Å². The molecule has 0 saturated carbocycles. The summed E-state index contributed by atoms with van der Waals surface area (Å²) in [6.45, 7) is 0.629. The van der Waals surface area contributed by atoms with Gasteiger partial charge in [-0.15, -0.1) is 16.2 Å². The van der Waals surface area contributed by atoms with E-state index in [1.54, 1.807) is 11.3 Å². The second-order valence-electron chi connectivity index (χ2n) is 1.83. The first-order chi connectivity index (χ1) is 4.93. The predicted octanol–water partition coefficient (Wildman–Crippen LogP) is 1.56. The molecule has 0 fully saturated rings. The van der Waals surface area contributed by atoms with E-state index >= 15 is 0 Å². The van der Waals surface area contributed by atoms with E-state index < -0.39 is 0 Å². The molecule has 0 unspecified atom stereocenters. The van der Waals surface area contributed by atoms with Gasteiger partial charge in [0.2, 0.25) is 0 Å². The summed E-state index contributed by atoms with van der Waals surface area (Å²) in [4.78, 5) is 10.8. The molecule has 0 aliphatic heterocycles. The first kappa shape index (κ1) is 7.21. The van der Waals surface area contributed by atoms with Crippen molar-refractivity contribution < 1.29 is 0 Å². The molecule has 1 rings (SSSR count). The van der Waals surface area contributed by atoms with Gasteiger partial charge < -0.3 is 0 Å². The summed E-state index contributed by atoms with van der Waals surface area (Å²) in [6, 6.07) is 4.03.